The molecule has 2 heterocycles. The first-order valence-electron chi connectivity index (χ1n) is 6.26. The van der Waals surface area contributed by atoms with Crippen molar-refractivity contribution < 1.29 is 9.53 Å². The van der Waals surface area contributed by atoms with Crippen molar-refractivity contribution in [1.29, 1.82) is 0 Å². The zero-order valence-electron chi connectivity index (χ0n) is 10.1. The van der Waals surface area contributed by atoms with Gasteiger partial charge in [-0.2, -0.15) is 0 Å². The third kappa shape index (κ3) is 2.95. The maximum atomic E-state index is 11.8. The zero-order chi connectivity index (χ0) is 11.4. The van der Waals surface area contributed by atoms with Crippen LogP contribution >= 0.6 is 0 Å². The summed E-state index contributed by atoms with van der Waals surface area (Å²) in [5.41, 5.74) is 0.236. The Morgan fingerprint density at radius 2 is 2.25 bits per heavy atom. The summed E-state index contributed by atoms with van der Waals surface area (Å²) in [5.74, 6) is 0.404. The van der Waals surface area contributed by atoms with Crippen molar-refractivity contribution in [2.75, 3.05) is 32.8 Å². The van der Waals surface area contributed by atoms with E-state index in [2.05, 4.69) is 17.6 Å². The van der Waals surface area contributed by atoms with Crippen LogP contribution in [-0.2, 0) is 9.53 Å². The van der Waals surface area contributed by atoms with Crippen molar-refractivity contribution in [1.82, 2.24) is 10.6 Å². The first kappa shape index (κ1) is 11.9. The quantitative estimate of drug-likeness (QED) is 0.738. The maximum Gasteiger partial charge on any atom is 0.224 e. The van der Waals surface area contributed by atoms with Crippen LogP contribution in [0.4, 0.5) is 0 Å². The van der Waals surface area contributed by atoms with Gasteiger partial charge in [0.1, 0.15) is 0 Å². The average Bonchev–Trinajstić information content (AvgIpc) is 2.80. The van der Waals surface area contributed by atoms with E-state index in [1.165, 1.54) is 0 Å². The molecule has 0 aromatic rings. The molecule has 2 fully saturated rings. The maximum absolute atomic E-state index is 11.8. The highest BCUT2D eigenvalue weighted by Gasteiger charge is 2.29. The Hall–Kier alpha value is -0.610. The Bertz CT molecular complexity index is 243. The molecule has 0 aromatic heterocycles. The van der Waals surface area contributed by atoms with E-state index in [0.717, 1.165) is 52.1 Å². The predicted molar refractivity (Wildman–Crippen MR) is 62.1 cm³/mol. The van der Waals surface area contributed by atoms with Gasteiger partial charge in [-0.05, 0) is 31.2 Å². The van der Waals surface area contributed by atoms with E-state index in [0.29, 0.717) is 0 Å². The topological polar surface area (TPSA) is 50.4 Å². The third-order valence-corrected chi connectivity index (χ3v) is 3.82. The zero-order valence-corrected chi connectivity index (χ0v) is 10.1. The van der Waals surface area contributed by atoms with Gasteiger partial charge >= 0.3 is 0 Å². The standard InChI is InChI=1S/C12H22N2O2/c1-12(3-6-16-7-4-12)9-14-11(15)10-2-5-13-8-10/h10,13H,2-9H2,1H3,(H,14,15). The van der Waals surface area contributed by atoms with Crippen LogP contribution in [0.2, 0.25) is 0 Å². The highest BCUT2D eigenvalue weighted by molar-refractivity contribution is 5.79. The largest absolute Gasteiger partial charge is 0.381 e. The number of carbonyl (C=O) groups excluding carboxylic acids is 1. The summed E-state index contributed by atoms with van der Waals surface area (Å²) >= 11 is 0. The molecule has 16 heavy (non-hydrogen) atoms. The number of rotatable bonds is 3. The molecule has 0 aromatic carbocycles. The summed E-state index contributed by atoms with van der Waals surface area (Å²) in [6.45, 7) is 6.51. The van der Waals surface area contributed by atoms with Gasteiger partial charge in [-0.3, -0.25) is 4.79 Å². The van der Waals surface area contributed by atoms with Crippen molar-refractivity contribution in [3.8, 4) is 0 Å². The molecule has 0 bridgehead atoms. The number of ether oxygens (including phenoxy) is 1. The minimum absolute atomic E-state index is 0.184. The smallest absolute Gasteiger partial charge is 0.224 e. The molecule has 0 radical (unpaired) electrons. The molecule has 1 amide bonds. The fourth-order valence-corrected chi connectivity index (χ4v) is 2.36. The lowest BCUT2D eigenvalue weighted by molar-refractivity contribution is -0.125. The molecule has 4 nitrogen and oxygen atoms in total. The highest BCUT2D eigenvalue weighted by atomic mass is 16.5. The molecule has 0 aliphatic carbocycles. The minimum atomic E-state index is 0.184. The van der Waals surface area contributed by atoms with Gasteiger partial charge < -0.3 is 15.4 Å². The van der Waals surface area contributed by atoms with Crippen molar-refractivity contribution in [2.45, 2.75) is 26.2 Å². The molecule has 1 atom stereocenters. The molecular formula is C12H22N2O2. The predicted octanol–water partition coefficient (Wildman–Crippen LogP) is 0.529. The van der Waals surface area contributed by atoms with Gasteiger partial charge in [-0.1, -0.05) is 6.92 Å². The van der Waals surface area contributed by atoms with Gasteiger partial charge in [-0.15, -0.1) is 0 Å². The van der Waals surface area contributed by atoms with E-state index in [1.54, 1.807) is 0 Å². The van der Waals surface area contributed by atoms with Crippen LogP contribution in [-0.4, -0.2) is 38.8 Å². The van der Waals surface area contributed by atoms with Crippen molar-refractivity contribution in [3.05, 3.63) is 0 Å². The van der Waals surface area contributed by atoms with Crippen molar-refractivity contribution >= 4 is 5.91 Å². The number of amides is 1. The summed E-state index contributed by atoms with van der Waals surface area (Å²) < 4.78 is 5.35. The second-order valence-corrected chi connectivity index (χ2v) is 5.33. The Morgan fingerprint density at radius 1 is 1.50 bits per heavy atom. The van der Waals surface area contributed by atoms with Crippen LogP contribution in [0.5, 0.6) is 0 Å². The second kappa shape index (κ2) is 5.15. The Balaban J connectivity index is 1.75. The average molecular weight is 226 g/mol. The summed E-state index contributed by atoms with van der Waals surface area (Å²) in [5, 5.41) is 6.32. The molecule has 2 aliphatic heterocycles. The Morgan fingerprint density at radius 3 is 2.88 bits per heavy atom. The van der Waals surface area contributed by atoms with Crippen LogP contribution in [0.25, 0.3) is 0 Å². The normalized spacial score (nSPS) is 28.9. The molecule has 4 heteroatoms. The lowest BCUT2D eigenvalue weighted by Crippen LogP contribution is -2.42. The number of nitrogens with one attached hydrogen (secondary N) is 2. The van der Waals surface area contributed by atoms with Gasteiger partial charge in [0.2, 0.25) is 5.91 Å². The summed E-state index contributed by atoms with van der Waals surface area (Å²) in [6.07, 6.45) is 3.08. The summed E-state index contributed by atoms with van der Waals surface area (Å²) in [7, 11) is 0. The minimum Gasteiger partial charge on any atom is -0.381 e. The molecule has 2 saturated heterocycles. The van der Waals surface area contributed by atoms with Gasteiger partial charge in [0, 0.05) is 26.3 Å². The van der Waals surface area contributed by atoms with Gasteiger partial charge in [0.05, 0.1) is 5.92 Å². The lowest BCUT2D eigenvalue weighted by atomic mass is 9.82. The molecule has 1 unspecified atom stereocenters. The fraction of sp³-hybridized carbons (Fsp3) is 0.917. The van der Waals surface area contributed by atoms with E-state index < -0.39 is 0 Å². The Labute approximate surface area is 97.1 Å². The monoisotopic (exact) mass is 226 g/mol. The number of hydrogen-bond donors (Lipinski definition) is 2. The Kier molecular flexibility index (Phi) is 3.82. The second-order valence-electron chi connectivity index (χ2n) is 5.33. The van der Waals surface area contributed by atoms with Crippen LogP contribution < -0.4 is 10.6 Å². The molecule has 2 N–H and O–H groups in total. The van der Waals surface area contributed by atoms with Crippen LogP contribution in [0, 0.1) is 11.3 Å². The summed E-state index contributed by atoms with van der Waals surface area (Å²) in [4.78, 5) is 11.8. The van der Waals surface area contributed by atoms with E-state index in [-0.39, 0.29) is 17.2 Å². The van der Waals surface area contributed by atoms with Gasteiger partial charge in [-0.25, -0.2) is 0 Å². The molecule has 2 rings (SSSR count). The molecule has 92 valence electrons. The first-order valence-corrected chi connectivity index (χ1v) is 6.26. The van der Waals surface area contributed by atoms with Crippen LogP contribution in [0.15, 0.2) is 0 Å². The molecular weight excluding hydrogens is 204 g/mol. The molecule has 0 spiro atoms. The first-order chi connectivity index (χ1) is 7.70. The third-order valence-electron chi connectivity index (χ3n) is 3.82. The van der Waals surface area contributed by atoms with Gasteiger partial charge in [0.25, 0.3) is 0 Å². The van der Waals surface area contributed by atoms with E-state index in [1.807, 2.05) is 0 Å². The molecule has 0 saturated carbocycles. The fourth-order valence-electron chi connectivity index (χ4n) is 2.36. The molecule has 2 aliphatic rings. The van der Waals surface area contributed by atoms with Crippen molar-refractivity contribution in [3.63, 3.8) is 0 Å². The number of hydrogen-bond acceptors (Lipinski definition) is 3. The van der Waals surface area contributed by atoms with Crippen LogP contribution in [0.1, 0.15) is 26.2 Å². The van der Waals surface area contributed by atoms with Crippen LogP contribution in [0.3, 0.4) is 0 Å². The van der Waals surface area contributed by atoms with E-state index in [4.69, 9.17) is 4.74 Å². The van der Waals surface area contributed by atoms with E-state index >= 15 is 0 Å². The van der Waals surface area contributed by atoms with Gasteiger partial charge in [0.15, 0.2) is 0 Å². The summed E-state index contributed by atoms with van der Waals surface area (Å²) in [6, 6.07) is 0. The van der Waals surface area contributed by atoms with E-state index in [9.17, 15) is 4.79 Å². The SMILES string of the molecule is CC1(CNC(=O)C2CCNC2)CCOCC1. The number of carbonyl (C=O) groups is 1. The lowest BCUT2D eigenvalue weighted by Gasteiger charge is -2.33. The van der Waals surface area contributed by atoms with Crippen molar-refractivity contribution in [2.24, 2.45) is 11.3 Å². The highest BCUT2D eigenvalue weighted by Crippen LogP contribution is 2.28.